The van der Waals surface area contributed by atoms with Gasteiger partial charge in [0.2, 0.25) is 5.91 Å². The highest BCUT2D eigenvalue weighted by molar-refractivity contribution is 7.22. The van der Waals surface area contributed by atoms with Gasteiger partial charge in [0, 0.05) is 49.6 Å². The molecule has 2 N–H and O–H groups in total. The number of anilines is 2. The van der Waals surface area contributed by atoms with Gasteiger partial charge >= 0.3 is 0 Å². The van der Waals surface area contributed by atoms with Gasteiger partial charge in [-0.2, -0.15) is 5.26 Å². The van der Waals surface area contributed by atoms with Gasteiger partial charge < -0.3 is 25.0 Å². The number of thiazole rings is 1. The second-order valence-electron chi connectivity index (χ2n) is 11.0. The van der Waals surface area contributed by atoms with E-state index in [9.17, 15) is 14.9 Å². The van der Waals surface area contributed by atoms with Gasteiger partial charge in [0.1, 0.15) is 5.75 Å². The Balaban J connectivity index is 1.27. The molecular formula is C32H34N6O4S. The molecule has 2 heterocycles. The number of rotatable bonds is 9. The lowest BCUT2D eigenvalue weighted by atomic mass is 9.85. The molecule has 222 valence electrons. The highest BCUT2D eigenvalue weighted by Gasteiger charge is 2.21. The van der Waals surface area contributed by atoms with Crippen LogP contribution in [-0.4, -0.2) is 73.5 Å². The van der Waals surface area contributed by atoms with Crippen molar-refractivity contribution in [3.05, 3.63) is 71.8 Å². The number of ether oxygens (including phenoxy) is 2. The Morgan fingerprint density at radius 1 is 1.02 bits per heavy atom. The molecule has 2 amide bonds. The number of nitrogens with zero attached hydrogens (tertiary/aromatic N) is 4. The molecule has 11 heteroatoms. The first-order valence-corrected chi connectivity index (χ1v) is 14.8. The highest BCUT2D eigenvalue weighted by Crippen LogP contribution is 2.37. The summed E-state index contributed by atoms with van der Waals surface area (Å²) in [5.41, 5.74) is 1.77. The number of fused-ring (bicyclic) bond motifs is 1. The van der Waals surface area contributed by atoms with Crippen LogP contribution in [0, 0.1) is 11.3 Å². The van der Waals surface area contributed by atoms with Crippen molar-refractivity contribution in [1.29, 1.82) is 5.26 Å². The van der Waals surface area contributed by atoms with Crippen LogP contribution >= 0.6 is 11.3 Å². The summed E-state index contributed by atoms with van der Waals surface area (Å²) in [5.74, 6) is 1.09. The second-order valence-corrected chi connectivity index (χ2v) is 12.0. The molecular weight excluding hydrogens is 564 g/mol. The summed E-state index contributed by atoms with van der Waals surface area (Å²) in [6.45, 7) is 7.60. The van der Waals surface area contributed by atoms with Gasteiger partial charge in [-0.15, -0.1) is 0 Å². The lowest BCUT2D eigenvalue weighted by Gasteiger charge is -2.31. The summed E-state index contributed by atoms with van der Waals surface area (Å²) in [7, 11) is 3.63. The fourth-order valence-electron chi connectivity index (χ4n) is 4.67. The first-order chi connectivity index (χ1) is 20.6. The molecule has 1 aromatic heterocycles. The van der Waals surface area contributed by atoms with Crippen LogP contribution in [0.1, 0.15) is 29.8 Å². The molecule has 0 aliphatic carbocycles. The number of nitrogens with one attached hydrogen (secondary N) is 2. The van der Waals surface area contributed by atoms with Crippen LogP contribution in [0.5, 0.6) is 17.2 Å². The molecule has 0 saturated carbocycles. The van der Waals surface area contributed by atoms with E-state index in [1.165, 1.54) is 11.3 Å². The van der Waals surface area contributed by atoms with Crippen LogP contribution in [0.15, 0.2) is 60.7 Å². The van der Waals surface area contributed by atoms with Gasteiger partial charge in [0.05, 0.1) is 35.4 Å². The number of hydrogen-bond acceptors (Lipinski definition) is 9. The molecule has 5 rings (SSSR count). The number of likely N-dealkylation sites (N-methyl/N-ethyl adjacent to an activating group) is 1. The van der Waals surface area contributed by atoms with E-state index in [1.807, 2.05) is 32.0 Å². The van der Waals surface area contributed by atoms with Crippen molar-refractivity contribution in [2.24, 2.45) is 0 Å². The molecule has 1 fully saturated rings. The van der Waals surface area contributed by atoms with Crippen LogP contribution in [0.4, 0.5) is 10.8 Å². The van der Waals surface area contributed by atoms with Crippen LogP contribution in [-0.2, 0) is 10.2 Å². The quantitative estimate of drug-likeness (QED) is 0.265. The zero-order valence-electron chi connectivity index (χ0n) is 24.6. The van der Waals surface area contributed by atoms with Gasteiger partial charge in [0.15, 0.2) is 16.6 Å². The Kier molecular flexibility index (Phi) is 8.92. The number of nitriles is 1. The van der Waals surface area contributed by atoms with Crippen LogP contribution in [0.3, 0.4) is 0 Å². The van der Waals surface area contributed by atoms with Crippen molar-refractivity contribution < 1.29 is 19.1 Å². The van der Waals surface area contributed by atoms with Gasteiger partial charge in [0.25, 0.3) is 5.91 Å². The second kappa shape index (κ2) is 12.8. The minimum Gasteiger partial charge on any atom is -0.493 e. The van der Waals surface area contributed by atoms with Crippen molar-refractivity contribution in [3.63, 3.8) is 0 Å². The zero-order chi connectivity index (χ0) is 30.6. The van der Waals surface area contributed by atoms with Gasteiger partial charge in [-0.05, 0) is 62.9 Å². The molecule has 43 heavy (non-hydrogen) atoms. The maximum absolute atomic E-state index is 13.0. The summed E-state index contributed by atoms with van der Waals surface area (Å²) >= 11 is 1.38. The monoisotopic (exact) mass is 598 g/mol. The average molecular weight is 599 g/mol. The average Bonchev–Trinajstić information content (AvgIpc) is 3.40. The third kappa shape index (κ3) is 7.29. The summed E-state index contributed by atoms with van der Waals surface area (Å²) in [6.07, 6.45) is 0. The van der Waals surface area contributed by atoms with E-state index in [0.29, 0.717) is 40.2 Å². The Morgan fingerprint density at radius 3 is 2.56 bits per heavy atom. The maximum Gasteiger partial charge on any atom is 0.255 e. The number of hydrogen-bond donors (Lipinski definition) is 2. The summed E-state index contributed by atoms with van der Waals surface area (Å²) in [4.78, 5) is 34.6. The number of piperazine rings is 1. The summed E-state index contributed by atoms with van der Waals surface area (Å²) in [5, 5.41) is 15.8. The summed E-state index contributed by atoms with van der Waals surface area (Å²) < 4.78 is 12.5. The molecule has 1 aliphatic rings. The van der Waals surface area contributed by atoms with Crippen LogP contribution in [0.2, 0.25) is 0 Å². The van der Waals surface area contributed by atoms with Crippen molar-refractivity contribution in [2.45, 2.75) is 19.3 Å². The smallest absolute Gasteiger partial charge is 0.255 e. The predicted molar refractivity (Wildman–Crippen MR) is 168 cm³/mol. The van der Waals surface area contributed by atoms with Gasteiger partial charge in [-0.3, -0.25) is 14.5 Å². The molecule has 0 unspecified atom stereocenters. The first-order valence-electron chi connectivity index (χ1n) is 13.9. The standard InChI is InChI=1S/C32H34N6O4S/c1-32(2,20-33)22-7-5-6-21(16-22)30(40)34-23-8-11-26(41-4)27(17-23)42-24-9-10-25-28(18-24)43-31(35-25)36-29(39)19-38-14-12-37(3)13-15-38/h5-11,16-18H,12-15,19H2,1-4H3,(H,34,40)(H,35,36,39). The Hall–Kier alpha value is -4.50. The van der Waals surface area contributed by atoms with E-state index < -0.39 is 5.41 Å². The molecule has 1 saturated heterocycles. The molecule has 0 spiro atoms. The van der Waals surface area contributed by atoms with Crippen molar-refractivity contribution in [1.82, 2.24) is 14.8 Å². The number of methoxy groups -OCH3 is 1. The third-order valence-corrected chi connectivity index (χ3v) is 8.28. The lowest BCUT2D eigenvalue weighted by molar-refractivity contribution is -0.117. The normalized spacial score (nSPS) is 14.2. The van der Waals surface area contributed by atoms with E-state index in [1.54, 1.807) is 49.6 Å². The van der Waals surface area contributed by atoms with Crippen molar-refractivity contribution >= 4 is 44.2 Å². The SMILES string of the molecule is COc1ccc(NC(=O)c2cccc(C(C)(C)C#N)c2)cc1Oc1ccc2nc(NC(=O)CN3CCN(C)CC3)sc2c1. The van der Waals surface area contributed by atoms with E-state index >= 15 is 0 Å². The minimum atomic E-state index is -0.715. The molecule has 3 aromatic carbocycles. The van der Waals surface area contributed by atoms with E-state index in [-0.39, 0.29) is 11.8 Å². The molecule has 0 radical (unpaired) electrons. The fraction of sp³-hybridized carbons (Fsp3) is 0.312. The molecule has 10 nitrogen and oxygen atoms in total. The molecule has 0 atom stereocenters. The number of aromatic nitrogens is 1. The molecule has 0 bridgehead atoms. The minimum absolute atomic E-state index is 0.0795. The highest BCUT2D eigenvalue weighted by atomic mass is 32.1. The number of benzene rings is 3. The summed E-state index contributed by atoms with van der Waals surface area (Å²) in [6, 6.07) is 20.0. The number of amides is 2. The Bertz CT molecular complexity index is 1690. The van der Waals surface area contributed by atoms with E-state index in [2.05, 4.69) is 38.5 Å². The number of carbonyl (C=O) groups excluding carboxylic acids is 2. The largest absolute Gasteiger partial charge is 0.493 e. The Labute approximate surface area is 254 Å². The maximum atomic E-state index is 13.0. The van der Waals surface area contributed by atoms with E-state index in [4.69, 9.17) is 9.47 Å². The Morgan fingerprint density at radius 2 is 1.81 bits per heavy atom. The number of carbonyl (C=O) groups is 2. The fourth-order valence-corrected chi connectivity index (χ4v) is 5.58. The zero-order valence-corrected chi connectivity index (χ0v) is 25.5. The molecule has 4 aromatic rings. The van der Waals surface area contributed by atoms with Gasteiger partial charge in [-0.1, -0.05) is 23.5 Å². The van der Waals surface area contributed by atoms with Crippen LogP contribution in [0.25, 0.3) is 10.2 Å². The first kappa shape index (κ1) is 30.0. The van der Waals surface area contributed by atoms with Gasteiger partial charge in [-0.25, -0.2) is 4.98 Å². The van der Waals surface area contributed by atoms with Crippen molar-refractivity contribution in [3.8, 4) is 23.3 Å². The lowest BCUT2D eigenvalue weighted by Crippen LogP contribution is -2.47. The van der Waals surface area contributed by atoms with E-state index in [0.717, 1.165) is 42.0 Å². The van der Waals surface area contributed by atoms with Crippen molar-refractivity contribution in [2.75, 3.05) is 57.5 Å². The topological polar surface area (TPSA) is 120 Å². The third-order valence-electron chi connectivity index (χ3n) is 7.34. The van der Waals surface area contributed by atoms with Crippen LogP contribution < -0.4 is 20.1 Å². The molecule has 1 aliphatic heterocycles. The predicted octanol–water partition coefficient (Wildman–Crippen LogP) is 5.34.